The summed E-state index contributed by atoms with van der Waals surface area (Å²) in [6, 6.07) is 17.4. The van der Waals surface area contributed by atoms with Crippen LogP contribution >= 0.6 is 0 Å². The fourth-order valence-corrected chi connectivity index (χ4v) is 2.23. The van der Waals surface area contributed by atoms with Crippen LogP contribution in [0.4, 0.5) is 11.4 Å². The first-order valence-corrected chi connectivity index (χ1v) is 6.90. The van der Waals surface area contributed by atoms with E-state index in [0.717, 1.165) is 12.2 Å². The van der Waals surface area contributed by atoms with Crippen molar-refractivity contribution in [3.05, 3.63) is 60.2 Å². The van der Waals surface area contributed by atoms with Crippen LogP contribution in [0.5, 0.6) is 0 Å². The Balaban J connectivity index is 2.01. The number of benzene rings is 2. The monoisotopic (exact) mass is 268 g/mol. The van der Waals surface area contributed by atoms with Crippen LogP contribution in [-0.2, 0) is 0 Å². The van der Waals surface area contributed by atoms with Crippen molar-refractivity contribution in [1.82, 2.24) is 0 Å². The Morgan fingerprint density at radius 2 is 1.70 bits per heavy atom. The number of carbonyl (C=O) groups excluding carboxylic acids is 1. The number of ketones is 1. The van der Waals surface area contributed by atoms with Gasteiger partial charge < -0.3 is 10.6 Å². The number of Topliss-reactive ketones (excluding diaryl/α,β-unsaturated/α-hetero) is 1. The molecule has 0 bridgehead atoms. The average molecular weight is 268 g/mol. The molecule has 104 valence electrons. The Bertz CT molecular complexity index is 566. The van der Waals surface area contributed by atoms with Crippen molar-refractivity contribution >= 4 is 17.2 Å². The van der Waals surface area contributed by atoms with E-state index < -0.39 is 0 Å². The molecule has 0 aliphatic heterocycles. The summed E-state index contributed by atoms with van der Waals surface area (Å²) in [5, 5.41) is 0. The summed E-state index contributed by atoms with van der Waals surface area (Å²) >= 11 is 0. The molecular weight excluding hydrogens is 248 g/mol. The molecule has 0 fully saturated rings. The Kier molecular flexibility index (Phi) is 4.77. The van der Waals surface area contributed by atoms with Crippen molar-refractivity contribution in [2.75, 3.05) is 23.7 Å². The average Bonchev–Trinajstić information content (AvgIpc) is 2.49. The molecule has 0 saturated carbocycles. The number of nitrogen functional groups attached to an aromatic ring is 1. The fraction of sp³-hybridized carbons (Fsp3) is 0.235. The number of hydrogen-bond acceptors (Lipinski definition) is 3. The number of nitrogens with zero attached hydrogens (tertiary/aromatic N) is 1. The van der Waals surface area contributed by atoms with Crippen LogP contribution in [0.2, 0.25) is 0 Å². The van der Waals surface area contributed by atoms with E-state index in [0.29, 0.717) is 24.2 Å². The highest BCUT2D eigenvalue weighted by molar-refractivity contribution is 6.00. The van der Waals surface area contributed by atoms with Crippen molar-refractivity contribution < 1.29 is 4.79 Å². The molecule has 0 aliphatic rings. The minimum Gasteiger partial charge on any atom is -0.398 e. The van der Waals surface area contributed by atoms with Crippen molar-refractivity contribution in [1.29, 1.82) is 0 Å². The van der Waals surface area contributed by atoms with E-state index in [1.165, 1.54) is 0 Å². The minimum atomic E-state index is 0.0949. The third-order valence-corrected chi connectivity index (χ3v) is 3.37. The summed E-state index contributed by atoms with van der Waals surface area (Å²) in [7, 11) is 0. The molecular formula is C17H20N2O. The summed E-state index contributed by atoms with van der Waals surface area (Å²) in [6.45, 7) is 3.67. The molecule has 2 aromatic carbocycles. The fourth-order valence-electron chi connectivity index (χ4n) is 2.23. The third kappa shape index (κ3) is 3.38. The number of hydrogen-bond donors (Lipinski definition) is 1. The molecule has 3 nitrogen and oxygen atoms in total. The lowest BCUT2D eigenvalue weighted by atomic mass is 10.1. The highest BCUT2D eigenvalue weighted by Gasteiger charge is 2.11. The first kappa shape index (κ1) is 14.1. The van der Waals surface area contributed by atoms with Gasteiger partial charge in [-0.05, 0) is 31.2 Å². The molecule has 0 saturated heterocycles. The second kappa shape index (κ2) is 6.75. The molecule has 0 amide bonds. The predicted molar refractivity (Wildman–Crippen MR) is 84.1 cm³/mol. The van der Waals surface area contributed by atoms with Gasteiger partial charge in [-0.2, -0.15) is 0 Å². The number of carbonyl (C=O) groups is 1. The zero-order chi connectivity index (χ0) is 14.4. The maximum absolute atomic E-state index is 12.2. The highest BCUT2D eigenvalue weighted by atomic mass is 16.1. The van der Waals surface area contributed by atoms with Gasteiger partial charge in [-0.25, -0.2) is 0 Å². The molecule has 0 aromatic heterocycles. The van der Waals surface area contributed by atoms with Gasteiger partial charge in [0, 0.05) is 36.4 Å². The normalized spacial score (nSPS) is 10.2. The van der Waals surface area contributed by atoms with Gasteiger partial charge >= 0.3 is 0 Å². The van der Waals surface area contributed by atoms with E-state index in [1.54, 1.807) is 12.1 Å². The molecule has 0 atom stereocenters. The molecule has 0 aliphatic carbocycles. The lowest BCUT2D eigenvalue weighted by Crippen LogP contribution is -2.25. The van der Waals surface area contributed by atoms with Gasteiger partial charge in [0.2, 0.25) is 0 Å². The quantitative estimate of drug-likeness (QED) is 0.645. The van der Waals surface area contributed by atoms with Crippen molar-refractivity contribution in [3.63, 3.8) is 0 Å². The van der Waals surface area contributed by atoms with Crippen LogP contribution in [0.3, 0.4) is 0 Å². The lowest BCUT2D eigenvalue weighted by molar-refractivity contribution is 0.0985. The van der Waals surface area contributed by atoms with E-state index in [9.17, 15) is 4.79 Å². The van der Waals surface area contributed by atoms with E-state index in [4.69, 9.17) is 5.73 Å². The van der Waals surface area contributed by atoms with E-state index >= 15 is 0 Å². The molecule has 3 heteroatoms. The first-order valence-electron chi connectivity index (χ1n) is 6.90. The van der Waals surface area contributed by atoms with Gasteiger partial charge in [-0.1, -0.05) is 30.3 Å². The summed E-state index contributed by atoms with van der Waals surface area (Å²) in [5.41, 5.74) is 8.16. The lowest BCUT2D eigenvalue weighted by Gasteiger charge is -2.22. The highest BCUT2D eigenvalue weighted by Crippen LogP contribution is 2.16. The Hall–Kier alpha value is -2.29. The number of nitrogens with two attached hydrogens (primary N) is 1. The van der Waals surface area contributed by atoms with E-state index in [1.807, 2.05) is 30.3 Å². The molecule has 2 N–H and O–H groups in total. The molecule has 0 unspecified atom stereocenters. The molecule has 2 rings (SSSR count). The van der Waals surface area contributed by atoms with Crippen LogP contribution in [-0.4, -0.2) is 18.9 Å². The molecule has 2 aromatic rings. The smallest absolute Gasteiger partial charge is 0.166 e. The summed E-state index contributed by atoms with van der Waals surface area (Å²) < 4.78 is 0. The minimum absolute atomic E-state index is 0.0949. The first-order chi connectivity index (χ1) is 9.72. The maximum atomic E-state index is 12.2. The zero-order valence-corrected chi connectivity index (χ0v) is 11.8. The van der Waals surface area contributed by atoms with Gasteiger partial charge in [-0.15, -0.1) is 0 Å². The van der Waals surface area contributed by atoms with Gasteiger partial charge in [0.25, 0.3) is 0 Å². The van der Waals surface area contributed by atoms with Crippen molar-refractivity contribution in [2.24, 2.45) is 0 Å². The van der Waals surface area contributed by atoms with Gasteiger partial charge in [0.05, 0.1) is 0 Å². The number of anilines is 2. The van der Waals surface area contributed by atoms with Gasteiger partial charge in [0.15, 0.2) is 5.78 Å². The summed E-state index contributed by atoms with van der Waals surface area (Å²) in [4.78, 5) is 14.4. The Labute approximate surface area is 120 Å². The largest absolute Gasteiger partial charge is 0.398 e. The molecule has 0 radical (unpaired) electrons. The predicted octanol–water partition coefficient (Wildman–Crippen LogP) is 3.37. The second-order valence-corrected chi connectivity index (χ2v) is 4.68. The Morgan fingerprint density at radius 1 is 1.05 bits per heavy atom. The second-order valence-electron chi connectivity index (χ2n) is 4.68. The topological polar surface area (TPSA) is 46.3 Å². The standard InChI is InChI=1S/C17H20N2O/c1-2-19(14-8-4-3-5-9-14)13-12-17(20)15-10-6-7-11-16(15)18/h3-11H,2,12-13,18H2,1H3. The number of rotatable bonds is 6. The Morgan fingerprint density at radius 3 is 2.35 bits per heavy atom. The van der Waals surface area contributed by atoms with Crippen LogP contribution in [0, 0.1) is 0 Å². The van der Waals surface area contributed by atoms with Gasteiger partial charge in [0.1, 0.15) is 0 Å². The van der Waals surface area contributed by atoms with E-state index in [-0.39, 0.29) is 5.78 Å². The summed E-state index contributed by atoms with van der Waals surface area (Å²) in [6.07, 6.45) is 0.469. The molecule has 20 heavy (non-hydrogen) atoms. The summed E-state index contributed by atoms with van der Waals surface area (Å²) in [5.74, 6) is 0.0949. The third-order valence-electron chi connectivity index (χ3n) is 3.37. The maximum Gasteiger partial charge on any atom is 0.166 e. The SMILES string of the molecule is CCN(CCC(=O)c1ccccc1N)c1ccccc1. The van der Waals surface area contributed by atoms with E-state index in [2.05, 4.69) is 24.0 Å². The van der Waals surface area contributed by atoms with Crippen LogP contribution in [0.15, 0.2) is 54.6 Å². The molecule has 0 heterocycles. The van der Waals surface area contributed by atoms with Crippen molar-refractivity contribution in [3.8, 4) is 0 Å². The van der Waals surface area contributed by atoms with Crippen molar-refractivity contribution in [2.45, 2.75) is 13.3 Å². The van der Waals surface area contributed by atoms with Gasteiger partial charge in [-0.3, -0.25) is 4.79 Å². The number of para-hydroxylation sites is 2. The zero-order valence-electron chi connectivity index (χ0n) is 11.8. The molecule has 0 spiro atoms. The van der Waals surface area contributed by atoms with Crippen LogP contribution < -0.4 is 10.6 Å². The van der Waals surface area contributed by atoms with Crippen LogP contribution in [0.1, 0.15) is 23.7 Å². The van der Waals surface area contributed by atoms with Crippen LogP contribution in [0.25, 0.3) is 0 Å².